The van der Waals surface area contributed by atoms with Gasteiger partial charge in [0.2, 0.25) is 5.91 Å². The van der Waals surface area contributed by atoms with E-state index in [0.717, 1.165) is 24.3 Å². The van der Waals surface area contributed by atoms with Gasteiger partial charge in [0.25, 0.3) is 5.91 Å². The molecule has 0 radical (unpaired) electrons. The maximum Gasteiger partial charge on any atom is 0.416 e. The Balaban J connectivity index is 1.79. The smallest absolute Gasteiger partial charge is 0.393 e. The van der Waals surface area contributed by atoms with Gasteiger partial charge in [-0.3, -0.25) is 9.59 Å². The summed E-state index contributed by atoms with van der Waals surface area (Å²) >= 11 is 0. The summed E-state index contributed by atoms with van der Waals surface area (Å²) in [5, 5.41) is 14.5. The molecule has 0 aliphatic heterocycles. The fourth-order valence-electron chi connectivity index (χ4n) is 2.57. The molecule has 132 valence electrons. The number of halogens is 3. The number of aliphatic hydroxyl groups is 1. The molecule has 1 fully saturated rings. The summed E-state index contributed by atoms with van der Waals surface area (Å²) in [6.45, 7) is -0.251. The van der Waals surface area contributed by atoms with Crippen molar-refractivity contribution in [1.82, 2.24) is 10.6 Å². The van der Waals surface area contributed by atoms with E-state index in [-0.39, 0.29) is 30.2 Å². The monoisotopic (exact) mass is 344 g/mol. The van der Waals surface area contributed by atoms with Crippen LogP contribution in [-0.2, 0) is 11.0 Å². The normalized spacial score (nSPS) is 21.2. The highest BCUT2D eigenvalue weighted by atomic mass is 19.4. The van der Waals surface area contributed by atoms with E-state index in [1.165, 1.54) is 0 Å². The van der Waals surface area contributed by atoms with Crippen molar-refractivity contribution in [3.63, 3.8) is 0 Å². The van der Waals surface area contributed by atoms with Crippen molar-refractivity contribution in [2.75, 3.05) is 6.54 Å². The van der Waals surface area contributed by atoms with Crippen molar-refractivity contribution in [3.05, 3.63) is 35.4 Å². The molecular weight excluding hydrogens is 325 g/mol. The van der Waals surface area contributed by atoms with Crippen molar-refractivity contribution in [2.45, 2.75) is 44.0 Å². The van der Waals surface area contributed by atoms with Gasteiger partial charge in [-0.25, -0.2) is 0 Å². The van der Waals surface area contributed by atoms with Gasteiger partial charge in [0, 0.05) is 11.6 Å². The van der Waals surface area contributed by atoms with E-state index in [2.05, 4.69) is 10.6 Å². The highest BCUT2D eigenvalue weighted by molar-refractivity contribution is 5.96. The molecule has 0 unspecified atom stereocenters. The molecule has 0 heterocycles. The molecule has 3 N–H and O–H groups in total. The van der Waals surface area contributed by atoms with E-state index < -0.39 is 17.6 Å². The first-order valence-electron chi connectivity index (χ1n) is 7.68. The largest absolute Gasteiger partial charge is 0.416 e. The molecular formula is C16H19F3N2O3. The molecule has 2 amide bonds. The number of rotatable bonds is 4. The van der Waals surface area contributed by atoms with Crippen LogP contribution in [0.2, 0.25) is 0 Å². The van der Waals surface area contributed by atoms with Crippen molar-refractivity contribution >= 4 is 11.8 Å². The van der Waals surface area contributed by atoms with E-state index >= 15 is 0 Å². The average molecular weight is 344 g/mol. The zero-order chi connectivity index (χ0) is 17.7. The third kappa shape index (κ3) is 5.23. The molecule has 0 atom stereocenters. The summed E-state index contributed by atoms with van der Waals surface area (Å²) in [6.07, 6.45) is -2.16. The summed E-state index contributed by atoms with van der Waals surface area (Å²) in [5.41, 5.74) is -0.784. The second kappa shape index (κ2) is 7.65. The highest BCUT2D eigenvalue weighted by Crippen LogP contribution is 2.29. The van der Waals surface area contributed by atoms with Crippen molar-refractivity contribution in [3.8, 4) is 0 Å². The van der Waals surface area contributed by atoms with Crippen LogP contribution < -0.4 is 10.6 Å². The van der Waals surface area contributed by atoms with Gasteiger partial charge >= 0.3 is 6.18 Å². The number of benzene rings is 1. The third-order valence-electron chi connectivity index (χ3n) is 3.95. The van der Waals surface area contributed by atoms with Crippen LogP contribution >= 0.6 is 0 Å². The minimum absolute atomic E-state index is 0.0242. The van der Waals surface area contributed by atoms with Gasteiger partial charge in [-0.2, -0.15) is 13.2 Å². The second-order valence-corrected chi connectivity index (χ2v) is 5.83. The lowest BCUT2D eigenvalue weighted by molar-refractivity contribution is -0.137. The first-order chi connectivity index (χ1) is 11.3. The molecule has 8 heteroatoms. The Bertz CT molecular complexity index is 579. The number of amides is 2. The Morgan fingerprint density at radius 3 is 2.21 bits per heavy atom. The van der Waals surface area contributed by atoms with Gasteiger partial charge in [-0.1, -0.05) is 0 Å². The van der Waals surface area contributed by atoms with Gasteiger partial charge in [0.05, 0.1) is 18.2 Å². The van der Waals surface area contributed by atoms with Crippen LogP contribution in [0.5, 0.6) is 0 Å². The predicted molar refractivity (Wildman–Crippen MR) is 80.2 cm³/mol. The number of alkyl halides is 3. The zero-order valence-corrected chi connectivity index (χ0v) is 12.9. The summed E-state index contributed by atoms with van der Waals surface area (Å²) in [4.78, 5) is 23.6. The molecule has 1 aromatic carbocycles. The van der Waals surface area contributed by atoms with Crippen molar-refractivity contribution in [1.29, 1.82) is 0 Å². The Labute approximate surface area is 137 Å². The molecule has 0 spiro atoms. The van der Waals surface area contributed by atoms with E-state index in [1.807, 2.05) is 0 Å². The maximum absolute atomic E-state index is 12.5. The number of carbonyl (C=O) groups is 2. The van der Waals surface area contributed by atoms with Crippen LogP contribution in [0.25, 0.3) is 0 Å². The van der Waals surface area contributed by atoms with Gasteiger partial charge in [0.15, 0.2) is 0 Å². The minimum atomic E-state index is -4.46. The van der Waals surface area contributed by atoms with Crippen molar-refractivity contribution in [2.24, 2.45) is 0 Å². The first-order valence-corrected chi connectivity index (χ1v) is 7.68. The van der Waals surface area contributed by atoms with Gasteiger partial charge in [-0.05, 0) is 49.9 Å². The Morgan fingerprint density at radius 1 is 1.08 bits per heavy atom. The van der Waals surface area contributed by atoms with Crippen LogP contribution in [0.1, 0.15) is 41.6 Å². The lowest BCUT2D eigenvalue weighted by Gasteiger charge is -2.26. The number of carbonyl (C=O) groups excluding carboxylic acids is 2. The van der Waals surface area contributed by atoms with Crippen molar-refractivity contribution < 1.29 is 27.9 Å². The number of hydrogen-bond acceptors (Lipinski definition) is 3. The van der Waals surface area contributed by atoms with Crippen LogP contribution in [0.3, 0.4) is 0 Å². The fraction of sp³-hybridized carbons (Fsp3) is 0.500. The van der Waals surface area contributed by atoms with Gasteiger partial charge in [-0.15, -0.1) is 0 Å². The molecule has 1 aliphatic carbocycles. The summed E-state index contributed by atoms with van der Waals surface area (Å²) in [6, 6.07) is 3.76. The molecule has 0 bridgehead atoms. The Hall–Kier alpha value is -2.09. The minimum Gasteiger partial charge on any atom is -0.393 e. The topological polar surface area (TPSA) is 78.4 Å². The summed E-state index contributed by atoms with van der Waals surface area (Å²) in [5.74, 6) is -0.977. The highest BCUT2D eigenvalue weighted by Gasteiger charge is 2.30. The van der Waals surface area contributed by atoms with Crippen LogP contribution in [0.15, 0.2) is 24.3 Å². The van der Waals surface area contributed by atoms with E-state index in [0.29, 0.717) is 25.7 Å². The van der Waals surface area contributed by atoms with E-state index in [9.17, 15) is 27.9 Å². The van der Waals surface area contributed by atoms with Crippen LogP contribution in [-0.4, -0.2) is 35.6 Å². The summed E-state index contributed by atoms with van der Waals surface area (Å²) < 4.78 is 37.4. The zero-order valence-electron chi connectivity index (χ0n) is 12.9. The molecule has 1 aromatic rings. The molecule has 1 saturated carbocycles. The predicted octanol–water partition coefficient (Wildman–Crippen LogP) is 1.85. The molecule has 0 aromatic heterocycles. The SMILES string of the molecule is O=C(CNC(=O)c1ccc(C(F)(F)F)cc1)NC1CCC(O)CC1. The Morgan fingerprint density at radius 2 is 1.67 bits per heavy atom. The molecule has 2 rings (SSSR count). The Kier molecular flexibility index (Phi) is 5.82. The van der Waals surface area contributed by atoms with Crippen LogP contribution in [0, 0.1) is 0 Å². The summed E-state index contributed by atoms with van der Waals surface area (Å²) in [7, 11) is 0. The number of aliphatic hydroxyl groups excluding tert-OH is 1. The molecule has 1 aliphatic rings. The molecule has 5 nitrogen and oxygen atoms in total. The lowest BCUT2D eigenvalue weighted by atomic mass is 9.93. The first kappa shape index (κ1) is 18.3. The molecule has 24 heavy (non-hydrogen) atoms. The van der Waals surface area contributed by atoms with E-state index in [1.54, 1.807) is 0 Å². The number of nitrogens with one attached hydrogen (secondary N) is 2. The fourth-order valence-corrected chi connectivity index (χ4v) is 2.57. The standard InChI is InChI=1S/C16H19F3N2O3/c17-16(18,19)11-3-1-10(2-4-11)15(24)20-9-14(23)21-12-5-7-13(22)8-6-12/h1-4,12-13,22H,5-9H2,(H,20,24)(H,21,23). The quantitative estimate of drug-likeness (QED) is 0.780. The molecule has 0 saturated heterocycles. The third-order valence-corrected chi connectivity index (χ3v) is 3.95. The lowest BCUT2D eigenvalue weighted by Crippen LogP contribution is -2.43. The average Bonchev–Trinajstić information content (AvgIpc) is 2.54. The maximum atomic E-state index is 12.5. The van der Waals surface area contributed by atoms with Crippen LogP contribution in [0.4, 0.5) is 13.2 Å². The van der Waals surface area contributed by atoms with Gasteiger partial charge in [0.1, 0.15) is 0 Å². The van der Waals surface area contributed by atoms with Gasteiger partial charge < -0.3 is 15.7 Å². The number of hydrogen-bond donors (Lipinski definition) is 3. The van der Waals surface area contributed by atoms with E-state index in [4.69, 9.17) is 0 Å². The second-order valence-electron chi connectivity index (χ2n) is 5.83.